The molecule has 1 fully saturated rings. The summed E-state index contributed by atoms with van der Waals surface area (Å²) in [4.78, 5) is 2.50. The summed E-state index contributed by atoms with van der Waals surface area (Å²) >= 11 is 0. The molecular weight excluding hydrogens is 226 g/mol. The molecular formula is C15H23NO2. The molecule has 3 nitrogen and oxygen atoms in total. The van der Waals surface area contributed by atoms with Crippen molar-refractivity contribution in [1.29, 1.82) is 0 Å². The third-order valence-electron chi connectivity index (χ3n) is 3.43. The lowest BCUT2D eigenvalue weighted by Gasteiger charge is -2.19. The highest BCUT2D eigenvalue weighted by molar-refractivity contribution is 5.33. The van der Waals surface area contributed by atoms with E-state index in [0.717, 1.165) is 44.9 Å². The minimum absolute atomic E-state index is 0.884. The zero-order chi connectivity index (χ0) is 12.6. The molecule has 0 unspecified atom stereocenters. The molecule has 1 aromatic rings. The van der Waals surface area contributed by atoms with Gasteiger partial charge in [0.2, 0.25) is 0 Å². The summed E-state index contributed by atoms with van der Waals surface area (Å²) in [5.74, 6) is 1.01. The molecule has 18 heavy (non-hydrogen) atoms. The van der Waals surface area contributed by atoms with Gasteiger partial charge in [0.1, 0.15) is 5.75 Å². The summed E-state index contributed by atoms with van der Waals surface area (Å²) in [6.45, 7) is 5.21. The van der Waals surface area contributed by atoms with E-state index in [1.165, 1.54) is 18.5 Å². The molecule has 0 bridgehead atoms. The van der Waals surface area contributed by atoms with E-state index in [9.17, 15) is 0 Å². The maximum atomic E-state index is 5.46. The van der Waals surface area contributed by atoms with Crippen LogP contribution in [0.4, 0.5) is 0 Å². The first-order valence-electron chi connectivity index (χ1n) is 6.82. The normalized spacial score (nSPS) is 17.4. The molecule has 1 aliphatic rings. The molecule has 0 radical (unpaired) electrons. The standard InChI is InChI=1S/C15H23NO2/c1-17-15-8-3-2-6-14(15)7-4-9-16-10-5-12-18-13-11-16/h2-3,6,8H,4-5,7,9-13H2,1H3. The van der Waals surface area contributed by atoms with Crippen molar-refractivity contribution in [3.63, 3.8) is 0 Å². The largest absolute Gasteiger partial charge is 0.496 e. The number of nitrogens with zero attached hydrogens (tertiary/aromatic N) is 1. The molecule has 0 N–H and O–H groups in total. The Morgan fingerprint density at radius 1 is 1.22 bits per heavy atom. The van der Waals surface area contributed by atoms with Gasteiger partial charge in [-0.15, -0.1) is 0 Å². The number of benzene rings is 1. The van der Waals surface area contributed by atoms with Crippen LogP contribution in [0.5, 0.6) is 5.75 Å². The SMILES string of the molecule is COc1ccccc1CCCN1CCCOCC1. The van der Waals surface area contributed by atoms with Crippen molar-refractivity contribution < 1.29 is 9.47 Å². The van der Waals surface area contributed by atoms with Crippen molar-refractivity contribution in [2.24, 2.45) is 0 Å². The van der Waals surface area contributed by atoms with Gasteiger partial charge in [0.15, 0.2) is 0 Å². The quantitative estimate of drug-likeness (QED) is 0.799. The van der Waals surface area contributed by atoms with Crippen LogP contribution in [0.2, 0.25) is 0 Å². The van der Waals surface area contributed by atoms with Crippen LogP contribution in [-0.2, 0) is 11.2 Å². The average molecular weight is 249 g/mol. The molecule has 100 valence electrons. The van der Waals surface area contributed by atoms with Crippen molar-refractivity contribution in [2.45, 2.75) is 19.3 Å². The van der Waals surface area contributed by atoms with Crippen LogP contribution < -0.4 is 4.74 Å². The Hall–Kier alpha value is -1.06. The molecule has 0 atom stereocenters. The van der Waals surface area contributed by atoms with Gasteiger partial charge < -0.3 is 14.4 Å². The molecule has 1 aliphatic heterocycles. The summed E-state index contributed by atoms with van der Waals surface area (Å²) < 4.78 is 10.8. The van der Waals surface area contributed by atoms with Crippen molar-refractivity contribution in [1.82, 2.24) is 4.90 Å². The molecule has 0 amide bonds. The Kier molecular flexibility index (Phi) is 5.49. The van der Waals surface area contributed by atoms with Crippen LogP contribution in [-0.4, -0.2) is 44.9 Å². The number of hydrogen-bond donors (Lipinski definition) is 0. The molecule has 0 saturated carbocycles. The summed E-state index contributed by atoms with van der Waals surface area (Å²) in [5.41, 5.74) is 1.31. The molecule has 1 saturated heterocycles. The fourth-order valence-electron chi connectivity index (χ4n) is 2.42. The van der Waals surface area contributed by atoms with E-state index in [-0.39, 0.29) is 0 Å². The van der Waals surface area contributed by atoms with Crippen LogP contribution in [0.1, 0.15) is 18.4 Å². The number of hydrogen-bond acceptors (Lipinski definition) is 3. The first-order chi connectivity index (χ1) is 8.90. The predicted molar refractivity (Wildman–Crippen MR) is 73.2 cm³/mol. The highest BCUT2D eigenvalue weighted by atomic mass is 16.5. The van der Waals surface area contributed by atoms with Gasteiger partial charge in [-0.05, 0) is 37.4 Å². The highest BCUT2D eigenvalue weighted by Gasteiger charge is 2.09. The minimum Gasteiger partial charge on any atom is -0.496 e. The molecule has 0 aliphatic carbocycles. The number of para-hydroxylation sites is 1. The minimum atomic E-state index is 0.884. The van der Waals surface area contributed by atoms with Gasteiger partial charge in [0, 0.05) is 19.7 Å². The molecule has 2 rings (SSSR count). The second-order valence-corrected chi connectivity index (χ2v) is 4.72. The zero-order valence-corrected chi connectivity index (χ0v) is 11.2. The lowest BCUT2D eigenvalue weighted by molar-refractivity contribution is 0.141. The molecule has 0 spiro atoms. The van der Waals surface area contributed by atoms with E-state index < -0.39 is 0 Å². The monoisotopic (exact) mass is 249 g/mol. The number of methoxy groups -OCH3 is 1. The topological polar surface area (TPSA) is 21.7 Å². The van der Waals surface area contributed by atoms with Crippen LogP contribution in [0.15, 0.2) is 24.3 Å². The summed E-state index contributed by atoms with van der Waals surface area (Å²) in [6, 6.07) is 8.30. The lowest BCUT2D eigenvalue weighted by Crippen LogP contribution is -2.27. The zero-order valence-electron chi connectivity index (χ0n) is 11.2. The summed E-state index contributed by atoms with van der Waals surface area (Å²) in [7, 11) is 1.74. The summed E-state index contributed by atoms with van der Waals surface area (Å²) in [6.07, 6.45) is 3.43. The molecule has 3 heteroatoms. The van der Waals surface area contributed by atoms with Crippen molar-refractivity contribution >= 4 is 0 Å². The average Bonchev–Trinajstić information content (AvgIpc) is 2.68. The Balaban J connectivity index is 1.77. The Morgan fingerprint density at radius 2 is 2.11 bits per heavy atom. The van der Waals surface area contributed by atoms with Crippen molar-refractivity contribution in [3.8, 4) is 5.75 Å². The van der Waals surface area contributed by atoms with Gasteiger partial charge in [0.05, 0.1) is 13.7 Å². The number of ether oxygens (including phenoxy) is 2. The van der Waals surface area contributed by atoms with Crippen LogP contribution in [0, 0.1) is 0 Å². The van der Waals surface area contributed by atoms with Gasteiger partial charge in [-0.1, -0.05) is 18.2 Å². The maximum Gasteiger partial charge on any atom is 0.122 e. The van der Waals surface area contributed by atoms with E-state index in [0.29, 0.717) is 0 Å². The number of rotatable bonds is 5. The Labute approximate surface area is 110 Å². The number of aryl methyl sites for hydroxylation is 1. The predicted octanol–water partition coefficient (Wildman–Crippen LogP) is 2.35. The van der Waals surface area contributed by atoms with Crippen LogP contribution in [0.25, 0.3) is 0 Å². The second-order valence-electron chi connectivity index (χ2n) is 4.72. The van der Waals surface area contributed by atoms with E-state index in [1.54, 1.807) is 7.11 Å². The van der Waals surface area contributed by atoms with Gasteiger partial charge in [-0.2, -0.15) is 0 Å². The third-order valence-corrected chi connectivity index (χ3v) is 3.43. The van der Waals surface area contributed by atoms with E-state index in [4.69, 9.17) is 9.47 Å². The summed E-state index contributed by atoms with van der Waals surface area (Å²) in [5, 5.41) is 0. The van der Waals surface area contributed by atoms with Crippen LogP contribution in [0.3, 0.4) is 0 Å². The lowest BCUT2D eigenvalue weighted by atomic mass is 10.1. The fraction of sp³-hybridized carbons (Fsp3) is 0.600. The van der Waals surface area contributed by atoms with Gasteiger partial charge >= 0.3 is 0 Å². The Bertz CT molecular complexity index is 346. The van der Waals surface area contributed by atoms with Crippen molar-refractivity contribution in [2.75, 3.05) is 40.0 Å². The smallest absolute Gasteiger partial charge is 0.122 e. The highest BCUT2D eigenvalue weighted by Crippen LogP contribution is 2.18. The van der Waals surface area contributed by atoms with Gasteiger partial charge in [-0.25, -0.2) is 0 Å². The first-order valence-corrected chi connectivity index (χ1v) is 6.82. The second kappa shape index (κ2) is 7.39. The van der Waals surface area contributed by atoms with Gasteiger partial charge in [0.25, 0.3) is 0 Å². The molecule has 1 heterocycles. The first kappa shape index (κ1) is 13.4. The third kappa shape index (κ3) is 4.00. The fourth-order valence-corrected chi connectivity index (χ4v) is 2.42. The Morgan fingerprint density at radius 3 is 3.00 bits per heavy atom. The van der Waals surface area contributed by atoms with Crippen molar-refractivity contribution in [3.05, 3.63) is 29.8 Å². The van der Waals surface area contributed by atoms with E-state index in [1.807, 2.05) is 12.1 Å². The maximum absolute atomic E-state index is 5.46. The molecule has 1 aromatic carbocycles. The van der Waals surface area contributed by atoms with Gasteiger partial charge in [-0.3, -0.25) is 0 Å². The van der Waals surface area contributed by atoms with Crippen LogP contribution >= 0.6 is 0 Å². The molecule has 0 aromatic heterocycles. The van der Waals surface area contributed by atoms with E-state index in [2.05, 4.69) is 17.0 Å². The van der Waals surface area contributed by atoms with E-state index >= 15 is 0 Å².